The van der Waals surface area contributed by atoms with Crippen molar-refractivity contribution < 1.29 is 0 Å². The van der Waals surface area contributed by atoms with Crippen molar-refractivity contribution >= 4 is 0 Å². The van der Waals surface area contributed by atoms with E-state index in [2.05, 4.69) is 40.7 Å². The highest BCUT2D eigenvalue weighted by atomic mass is 14.2. The highest BCUT2D eigenvalue weighted by Crippen LogP contribution is 2.32. The molecule has 0 saturated heterocycles. The first-order valence-electron chi connectivity index (χ1n) is 8.05. The van der Waals surface area contributed by atoms with Crippen LogP contribution >= 0.6 is 0 Å². The van der Waals surface area contributed by atoms with Crippen molar-refractivity contribution in [3.05, 3.63) is 33.9 Å². The summed E-state index contributed by atoms with van der Waals surface area (Å²) in [7, 11) is 0. The van der Waals surface area contributed by atoms with E-state index in [4.69, 9.17) is 0 Å². The maximum atomic E-state index is 2.43. The van der Waals surface area contributed by atoms with Gasteiger partial charge in [0.15, 0.2) is 0 Å². The second kappa shape index (κ2) is 6.11. The zero-order chi connectivity index (χ0) is 14.0. The van der Waals surface area contributed by atoms with Gasteiger partial charge < -0.3 is 0 Å². The van der Waals surface area contributed by atoms with Gasteiger partial charge in [0, 0.05) is 0 Å². The van der Waals surface area contributed by atoms with Crippen LogP contribution in [-0.2, 0) is 6.42 Å². The van der Waals surface area contributed by atoms with Gasteiger partial charge in [-0.25, -0.2) is 0 Å². The Bertz CT molecular complexity index is 434. The van der Waals surface area contributed by atoms with E-state index in [1.54, 1.807) is 5.56 Å². The Morgan fingerprint density at radius 1 is 0.895 bits per heavy atom. The van der Waals surface area contributed by atoms with Gasteiger partial charge in [-0.1, -0.05) is 38.7 Å². The number of aryl methyl sites for hydroxylation is 2. The molecular weight excluding hydrogens is 228 g/mol. The fraction of sp³-hybridized carbons (Fsp3) is 0.684. The van der Waals surface area contributed by atoms with Crippen LogP contribution in [0.2, 0.25) is 0 Å². The lowest BCUT2D eigenvalue weighted by Gasteiger charge is -2.26. The monoisotopic (exact) mass is 258 g/mol. The lowest BCUT2D eigenvalue weighted by molar-refractivity contribution is 0.277. The van der Waals surface area contributed by atoms with Crippen LogP contribution in [0.3, 0.4) is 0 Å². The quantitative estimate of drug-likeness (QED) is 0.654. The maximum absolute atomic E-state index is 2.43. The number of rotatable bonds is 3. The van der Waals surface area contributed by atoms with E-state index >= 15 is 0 Å². The number of benzene rings is 1. The summed E-state index contributed by atoms with van der Waals surface area (Å²) in [5, 5.41) is 0. The molecule has 0 nitrogen and oxygen atoms in total. The average molecular weight is 258 g/mol. The topological polar surface area (TPSA) is 0 Å². The Balaban J connectivity index is 2.00. The van der Waals surface area contributed by atoms with E-state index in [0.717, 1.165) is 11.8 Å². The summed E-state index contributed by atoms with van der Waals surface area (Å²) >= 11 is 0. The van der Waals surface area contributed by atoms with Gasteiger partial charge in [0.05, 0.1) is 0 Å². The third-order valence-corrected chi connectivity index (χ3v) is 5.55. The normalized spacial score (nSPS) is 23.6. The van der Waals surface area contributed by atoms with Crippen LogP contribution in [0.1, 0.15) is 66.8 Å². The summed E-state index contributed by atoms with van der Waals surface area (Å²) < 4.78 is 0. The second-order valence-corrected chi connectivity index (χ2v) is 6.89. The molecule has 1 aliphatic rings. The van der Waals surface area contributed by atoms with Crippen molar-refractivity contribution in [2.75, 3.05) is 0 Å². The van der Waals surface area contributed by atoms with Crippen molar-refractivity contribution in [3.63, 3.8) is 0 Å². The average Bonchev–Trinajstić information content (AvgIpc) is 2.41. The van der Waals surface area contributed by atoms with Crippen molar-refractivity contribution in [2.24, 2.45) is 11.8 Å². The Labute approximate surface area is 119 Å². The van der Waals surface area contributed by atoms with E-state index in [-0.39, 0.29) is 0 Å². The molecule has 1 fully saturated rings. The fourth-order valence-electron chi connectivity index (χ4n) is 3.53. The molecule has 0 radical (unpaired) electrons. The third kappa shape index (κ3) is 3.41. The molecule has 0 unspecified atom stereocenters. The summed E-state index contributed by atoms with van der Waals surface area (Å²) in [6.45, 7) is 11.5. The second-order valence-electron chi connectivity index (χ2n) is 6.89. The van der Waals surface area contributed by atoms with Crippen molar-refractivity contribution in [2.45, 2.75) is 73.1 Å². The number of hydrogen-bond acceptors (Lipinski definition) is 0. The molecule has 0 bridgehead atoms. The lowest BCUT2D eigenvalue weighted by atomic mass is 9.80. The highest BCUT2D eigenvalue weighted by molar-refractivity contribution is 5.43. The largest absolute Gasteiger partial charge is 0.0625 e. The van der Waals surface area contributed by atoms with E-state index in [9.17, 15) is 0 Å². The van der Waals surface area contributed by atoms with Crippen LogP contribution in [0, 0.1) is 39.5 Å². The Hall–Kier alpha value is -0.780. The van der Waals surface area contributed by atoms with Crippen LogP contribution in [0.4, 0.5) is 0 Å². The van der Waals surface area contributed by atoms with E-state index < -0.39 is 0 Å². The van der Waals surface area contributed by atoms with Gasteiger partial charge in [-0.15, -0.1) is 0 Å². The van der Waals surface area contributed by atoms with Gasteiger partial charge in [-0.2, -0.15) is 0 Å². The zero-order valence-electron chi connectivity index (χ0n) is 13.5. The molecule has 0 aromatic heterocycles. The first-order chi connectivity index (χ1) is 8.99. The molecule has 1 saturated carbocycles. The standard InChI is InChI=1S/C19H30/c1-13-6-8-18(9-7-13)10-11-19-12-14(2)15(3)16(4)17(19)5/h12-13,18H,6-11H2,1-5H3. The minimum Gasteiger partial charge on any atom is -0.0625 e. The van der Waals surface area contributed by atoms with E-state index in [1.165, 1.54) is 60.8 Å². The third-order valence-electron chi connectivity index (χ3n) is 5.55. The fourth-order valence-corrected chi connectivity index (χ4v) is 3.53. The molecule has 106 valence electrons. The molecule has 0 heteroatoms. The molecule has 0 N–H and O–H groups in total. The highest BCUT2D eigenvalue weighted by Gasteiger charge is 2.18. The Morgan fingerprint density at radius 3 is 2.16 bits per heavy atom. The molecule has 1 aliphatic carbocycles. The van der Waals surface area contributed by atoms with Crippen molar-refractivity contribution in [1.82, 2.24) is 0 Å². The van der Waals surface area contributed by atoms with Crippen LogP contribution in [0.5, 0.6) is 0 Å². The molecule has 19 heavy (non-hydrogen) atoms. The predicted molar refractivity (Wildman–Crippen MR) is 84.8 cm³/mol. The minimum atomic E-state index is 0.974. The predicted octanol–water partition coefficient (Wildman–Crippen LogP) is 5.68. The van der Waals surface area contributed by atoms with Crippen LogP contribution < -0.4 is 0 Å². The Morgan fingerprint density at radius 2 is 1.53 bits per heavy atom. The first-order valence-corrected chi connectivity index (χ1v) is 8.05. The van der Waals surface area contributed by atoms with Gasteiger partial charge in [0.2, 0.25) is 0 Å². The lowest BCUT2D eigenvalue weighted by Crippen LogP contribution is -2.13. The van der Waals surface area contributed by atoms with Crippen LogP contribution in [0.25, 0.3) is 0 Å². The van der Waals surface area contributed by atoms with E-state index in [0.29, 0.717) is 0 Å². The summed E-state index contributed by atoms with van der Waals surface area (Å²) in [6.07, 6.45) is 8.52. The molecule has 1 aromatic rings. The zero-order valence-corrected chi connectivity index (χ0v) is 13.5. The molecular formula is C19H30. The molecule has 0 atom stereocenters. The van der Waals surface area contributed by atoms with Crippen molar-refractivity contribution in [3.8, 4) is 0 Å². The smallest absolute Gasteiger partial charge is 0.0273 e. The van der Waals surface area contributed by atoms with Gasteiger partial charge in [-0.3, -0.25) is 0 Å². The summed E-state index contributed by atoms with van der Waals surface area (Å²) in [5.41, 5.74) is 7.59. The molecule has 0 amide bonds. The van der Waals surface area contributed by atoms with Gasteiger partial charge in [0.25, 0.3) is 0 Å². The molecule has 0 aliphatic heterocycles. The van der Waals surface area contributed by atoms with Gasteiger partial charge in [0.1, 0.15) is 0 Å². The SMILES string of the molecule is Cc1cc(CCC2CCC(C)CC2)c(C)c(C)c1C. The van der Waals surface area contributed by atoms with Crippen LogP contribution in [0.15, 0.2) is 6.07 Å². The van der Waals surface area contributed by atoms with Gasteiger partial charge >= 0.3 is 0 Å². The first kappa shape index (κ1) is 14.6. The van der Waals surface area contributed by atoms with E-state index in [1.807, 2.05) is 0 Å². The molecule has 0 heterocycles. The summed E-state index contributed by atoms with van der Waals surface area (Å²) in [4.78, 5) is 0. The summed E-state index contributed by atoms with van der Waals surface area (Å²) in [5.74, 6) is 1.96. The maximum Gasteiger partial charge on any atom is -0.0273 e. The van der Waals surface area contributed by atoms with Crippen molar-refractivity contribution in [1.29, 1.82) is 0 Å². The molecule has 2 rings (SSSR count). The summed E-state index contributed by atoms with van der Waals surface area (Å²) in [6, 6.07) is 2.43. The minimum absolute atomic E-state index is 0.974. The molecule has 0 spiro atoms. The van der Waals surface area contributed by atoms with Gasteiger partial charge in [-0.05, 0) is 80.2 Å². The van der Waals surface area contributed by atoms with Crippen LogP contribution in [-0.4, -0.2) is 0 Å². The molecule has 1 aromatic carbocycles. The number of hydrogen-bond donors (Lipinski definition) is 0. The Kier molecular flexibility index (Phi) is 4.71.